The molecule has 30 heavy (non-hydrogen) atoms. The number of aryl methyl sites for hydroxylation is 1. The molecule has 156 valence electrons. The van der Waals surface area contributed by atoms with Crippen molar-refractivity contribution in [3.63, 3.8) is 0 Å². The van der Waals surface area contributed by atoms with Crippen LogP contribution >= 0.6 is 0 Å². The number of esters is 1. The van der Waals surface area contributed by atoms with Crippen molar-refractivity contribution in [3.8, 4) is 0 Å². The zero-order valence-corrected chi connectivity index (χ0v) is 16.4. The quantitative estimate of drug-likeness (QED) is 0.442. The van der Waals surface area contributed by atoms with Crippen LogP contribution in [-0.2, 0) is 20.7 Å². The standard InChI is InChI=1S/C21H21N3O6/c1-14(22-20(26)15-6-3-2-4-7-15)21(27)30-13-19(25)23-11-5-8-16-12-17(24(28)29)9-10-18(16)23/h2-4,6-7,9-10,12,14H,5,8,11,13H2,1H3,(H,22,26)/t14-/m0/s1. The molecule has 3 rings (SSSR count). The number of ether oxygens (including phenoxy) is 1. The number of benzene rings is 2. The maximum atomic E-state index is 12.6. The van der Waals surface area contributed by atoms with Gasteiger partial charge in [-0.25, -0.2) is 4.79 Å². The van der Waals surface area contributed by atoms with E-state index in [1.807, 2.05) is 0 Å². The second-order valence-electron chi connectivity index (χ2n) is 6.89. The van der Waals surface area contributed by atoms with Gasteiger partial charge >= 0.3 is 5.97 Å². The fourth-order valence-electron chi connectivity index (χ4n) is 3.22. The van der Waals surface area contributed by atoms with Crippen LogP contribution in [0.15, 0.2) is 48.5 Å². The Morgan fingerprint density at radius 2 is 1.93 bits per heavy atom. The highest BCUT2D eigenvalue weighted by molar-refractivity contribution is 5.98. The maximum Gasteiger partial charge on any atom is 0.328 e. The summed E-state index contributed by atoms with van der Waals surface area (Å²) in [6, 6.07) is 11.8. The van der Waals surface area contributed by atoms with E-state index in [-0.39, 0.29) is 5.69 Å². The Hall–Kier alpha value is -3.75. The Kier molecular flexibility index (Phi) is 6.41. The Labute approximate surface area is 172 Å². The van der Waals surface area contributed by atoms with E-state index in [0.29, 0.717) is 36.2 Å². The minimum atomic E-state index is -0.929. The first-order chi connectivity index (χ1) is 14.4. The number of hydrogen-bond acceptors (Lipinski definition) is 6. The summed E-state index contributed by atoms with van der Waals surface area (Å²) in [5.41, 5.74) is 1.67. The van der Waals surface area contributed by atoms with E-state index in [1.165, 1.54) is 30.0 Å². The van der Waals surface area contributed by atoms with Gasteiger partial charge in [0, 0.05) is 29.9 Å². The van der Waals surface area contributed by atoms with Gasteiger partial charge in [0.1, 0.15) is 6.04 Å². The number of amides is 2. The molecule has 9 nitrogen and oxygen atoms in total. The zero-order valence-electron chi connectivity index (χ0n) is 16.4. The first-order valence-corrected chi connectivity index (χ1v) is 9.47. The number of carbonyl (C=O) groups excluding carboxylic acids is 3. The number of hydrogen-bond donors (Lipinski definition) is 1. The van der Waals surface area contributed by atoms with Crippen molar-refractivity contribution in [3.05, 3.63) is 69.8 Å². The number of rotatable bonds is 6. The molecule has 0 aromatic heterocycles. The van der Waals surface area contributed by atoms with Crippen LogP contribution < -0.4 is 10.2 Å². The first kappa shape index (κ1) is 21.0. The van der Waals surface area contributed by atoms with Crippen LogP contribution in [0.3, 0.4) is 0 Å². The fourth-order valence-corrected chi connectivity index (χ4v) is 3.22. The maximum absolute atomic E-state index is 12.6. The minimum absolute atomic E-state index is 0.0301. The molecule has 1 aliphatic heterocycles. The van der Waals surface area contributed by atoms with E-state index >= 15 is 0 Å². The summed E-state index contributed by atoms with van der Waals surface area (Å²) < 4.78 is 5.08. The second-order valence-corrected chi connectivity index (χ2v) is 6.89. The van der Waals surface area contributed by atoms with Crippen LogP contribution in [0.1, 0.15) is 29.3 Å². The molecule has 9 heteroatoms. The van der Waals surface area contributed by atoms with Crippen LogP contribution in [0.5, 0.6) is 0 Å². The summed E-state index contributed by atoms with van der Waals surface area (Å²) in [4.78, 5) is 48.8. The van der Waals surface area contributed by atoms with Gasteiger partial charge in [0.05, 0.1) is 4.92 Å². The number of nitrogens with one attached hydrogen (secondary N) is 1. The van der Waals surface area contributed by atoms with Crippen molar-refractivity contribution >= 4 is 29.2 Å². The monoisotopic (exact) mass is 411 g/mol. The second kappa shape index (κ2) is 9.17. The van der Waals surface area contributed by atoms with Crippen LogP contribution in [0.2, 0.25) is 0 Å². The van der Waals surface area contributed by atoms with Gasteiger partial charge < -0.3 is 15.0 Å². The highest BCUT2D eigenvalue weighted by atomic mass is 16.6. The number of nitrogens with zero attached hydrogens (tertiary/aromatic N) is 2. The van der Waals surface area contributed by atoms with Crippen molar-refractivity contribution < 1.29 is 24.0 Å². The molecule has 2 aromatic rings. The van der Waals surface area contributed by atoms with E-state index in [9.17, 15) is 24.5 Å². The third kappa shape index (κ3) is 4.80. The highest BCUT2D eigenvalue weighted by Crippen LogP contribution is 2.30. The summed E-state index contributed by atoms with van der Waals surface area (Å²) in [5.74, 6) is -1.58. The Bertz CT molecular complexity index is 976. The molecule has 0 saturated heterocycles. The van der Waals surface area contributed by atoms with E-state index in [2.05, 4.69) is 5.32 Å². The van der Waals surface area contributed by atoms with Gasteiger partial charge in [-0.1, -0.05) is 18.2 Å². The predicted octanol–water partition coefficient (Wildman–Crippen LogP) is 2.24. The minimum Gasteiger partial charge on any atom is -0.454 e. The normalized spacial score (nSPS) is 13.7. The van der Waals surface area contributed by atoms with E-state index in [1.54, 1.807) is 30.3 Å². The van der Waals surface area contributed by atoms with Gasteiger partial charge in [-0.15, -0.1) is 0 Å². The number of carbonyl (C=O) groups is 3. The smallest absolute Gasteiger partial charge is 0.328 e. The van der Waals surface area contributed by atoms with Crippen LogP contribution in [0.4, 0.5) is 11.4 Å². The average molecular weight is 411 g/mol. The summed E-state index contributed by atoms with van der Waals surface area (Å²) >= 11 is 0. The summed E-state index contributed by atoms with van der Waals surface area (Å²) in [6.07, 6.45) is 1.28. The van der Waals surface area contributed by atoms with Crippen molar-refractivity contribution in [1.29, 1.82) is 0 Å². The number of non-ortho nitro benzene ring substituents is 1. The van der Waals surface area contributed by atoms with Gasteiger partial charge in [-0.05, 0) is 43.5 Å². The van der Waals surface area contributed by atoms with Gasteiger partial charge in [-0.2, -0.15) is 0 Å². The molecule has 1 atom stereocenters. The summed E-state index contributed by atoms with van der Waals surface area (Å²) in [5, 5.41) is 13.5. The van der Waals surface area contributed by atoms with E-state index in [0.717, 1.165) is 0 Å². The topological polar surface area (TPSA) is 119 Å². The Morgan fingerprint density at radius 1 is 1.20 bits per heavy atom. The Balaban J connectivity index is 1.57. The third-order valence-electron chi connectivity index (χ3n) is 4.77. The molecule has 1 heterocycles. The molecule has 0 aliphatic carbocycles. The average Bonchev–Trinajstić information content (AvgIpc) is 2.76. The molecule has 2 aromatic carbocycles. The summed E-state index contributed by atoms with van der Waals surface area (Å²) in [6.45, 7) is 1.42. The molecular formula is C21H21N3O6. The van der Waals surface area contributed by atoms with Crippen LogP contribution in [-0.4, -0.2) is 41.9 Å². The van der Waals surface area contributed by atoms with Crippen molar-refractivity contribution in [2.45, 2.75) is 25.8 Å². The zero-order chi connectivity index (χ0) is 21.7. The Morgan fingerprint density at radius 3 is 2.63 bits per heavy atom. The summed E-state index contributed by atoms with van der Waals surface area (Å²) in [7, 11) is 0. The van der Waals surface area contributed by atoms with Gasteiger partial charge in [0.25, 0.3) is 17.5 Å². The van der Waals surface area contributed by atoms with Crippen molar-refractivity contribution in [2.75, 3.05) is 18.1 Å². The van der Waals surface area contributed by atoms with Gasteiger partial charge in [-0.3, -0.25) is 19.7 Å². The number of anilines is 1. The predicted molar refractivity (Wildman–Crippen MR) is 108 cm³/mol. The number of nitro groups is 1. The fraction of sp³-hybridized carbons (Fsp3) is 0.286. The van der Waals surface area contributed by atoms with E-state index in [4.69, 9.17) is 4.74 Å². The first-order valence-electron chi connectivity index (χ1n) is 9.47. The van der Waals surface area contributed by atoms with Crippen molar-refractivity contribution in [2.24, 2.45) is 0 Å². The third-order valence-corrected chi connectivity index (χ3v) is 4.77. The lowest BCUT2D eigenvalue weighted by Crippen LogP contribution is -2.42. The van der Waals surface area contributed by atoms with Gasteiger partial charge in [0.2, 0.25) is 0 Å². The SMILES string of the molecule is C[C@H](NC(=O)c1ccccc1)C(=O)OCC(=O)N1CCCc2cc([N+](=O)[O-])ccc21. The number of fused-ring (bicyclic) bond motifs is 1. The van der Waals surface area contributed by atoms with Gasteiger partial charge in [0.15, 0.2) is 6.61 Å². The lowest BCUT2D eigenvalue weighted by molar-refractivity contribution is -0.384. The molecule has 1 aliphatic rings. The van der Waals surface area contributed by atoms with Crippen molar-refractivity contribution in [1.82, 2.24) is 5.32 Å². The molecule has 0 radical (unpaired) electrons. The molecule has 0 fully saturated rings. The lowest BCUT2D eigenvalue weighted by Gasteiger charge is -2.29. The molecular weight excluding hydrogens is 390 g/mol. The lowest BCUT2D eigenvalue weighted by atomic mass is 10.0. The number of nitro benzene ring substituents is 1. The molecule has 0 saturated carbocycles. The van der Waals surface area contributed by atoms with Crippen LogP contribution in [0.25, 0.3) is 0 Å². The molecule has 0 bridgehead atoms. The largest absolute Gasteiger partial charge is 0.454 e. The molecule has 0 unspecified atom stereocenters. The molecule has 1 N–H and O–H groups in total. The van der Waals surface area contributed by atoms with E-state index < -0.39 is 35.4 Å². The van der Waals surface area contributed by atoms with Crippen LogP contribution in [0, 0.1) is 10.1 Å². The molecule has 0 spiro atoms. The highest BCUT2D eigenvalue weighted by Gasteiger charge is 2.26. The molecule has 2 amide bonds.